The first-order valence-corrected chi connectivity index (χ1v) is 8.35. The molecule has 1 aliphatic rings. The molecule has 0 radical (unpaired) electrons. The van der Waals surface area contributed by atoms with Gasteiger partial charge in [-0.15, -0.1) is 0 Å². The number of nitrogens with zero attached hydrogens (tertiary/aromatic N) is 3. The monoisotopic (exact) mass is 380 g/mol. The predicted molar refractivity (Wildman–Crippen MR) is 90.9 cm³/mol. The molecule has 0 aromatic carbocycles. The number of aryl methyl sites for hydroxylation is 1. The lowest BCUT2D eigenvalue weighted by molar-refractivity contribution is -0.154. The summed E-state index contributed by atoms with van der Waals surface area (Å²) in [5.41, 5.74) is 8.94. The molecule has 0 bridgehead atoms. The number of pyridine rings is 2. The van der Waals surface area contributed by atoms with Crippen molar-refractivity contribution in [3.63, 3.8) is 0 Å². The SMILES string of the molecule is Cc1cc(C(C)N2Cc3c(ccnc3CN)C2=O)cnc1OCC(F)(F)F. The number of ether oxygens (including phenoxy) is 1. The molecule has 3 rings (SSSR count). The number of amides is 1. The zero-order valence-electron chi connectivity index (χ0n) is 14.9. The molecule has 144 valence electrons. The average Bonchev–Trinajstić information content (AvgIpc) is 2.96. The van der Waals surface area contributed by atoms with Gasteiger partial charge in [-0.1, -0.05) is 0 Å². The van der Waals surface area contributed by atoms with Gasteiger partial charge in [0.15, 0.2) is 6.61 Å². The topological polar surface area (TPSA) is 81.3 Å². The maximum Gasteiger partial charge on any atom is 0.422 e. The van der Waals surface area contributed by atoms with Crippen LogP contribution in [-0.2, 0) is 13.1 Å². The van der Waals surface area contributed by atoms with Gasteiger partial charge < -0.3 is 15.4 Å². The molecular formula is C18H19F3N4O2. The fraction of sp³-hybridized carbons (Fsp3) is 0.389. The Morgan fingerprint density at radius 2 is 2.11 bits per heavy atom. The maximum absolute atomic E-state index is 12.7. The Labute approximate surface area is 154 Å². The number of alkyl halides is 3. The van der Waals surface area contributed by atoms with E-state index in [0.717, 1.165) is 5.56 Å². The third kappa shape index (κ3) is 3.87. The Hall–Kier alpha value is -2.68. The minimum absolute atomic E-state index is 0.0751. The van der Waals surface area contributed by atoms with Crippen molar-refractivity contribution in [3.05, 3.63) is 52.5 Å². The number of nitrogens with two attached hydrogens (primary N) is 1. The van der Waals surface area contributed by atoms with Crippen molar-refractivity contribution in [1.82, 2.24) is 14.9 Å². The smallest absolute Gasteiger partial charge is 0.422 e. The lowest BCUT2D eigenvalue weighted by atomic mass is 10.1. The molecule has 0 aliphatic carbocycles. The van der Waals surface area contributed by atoms with Crippen molar-refractivity contribution < 1.29 is 22.7 Å². The summed E-state index contributed by atoms with van der Waals surface area (Å²) < 4.78 is 41.7. The summed E-state index contributed by atoms with van der Waals surface area (Å²) in [7, 11) is 0. The summed E-state index contributed by atoms with van der Waals surface area (Å²) in [6.45, 7) is 2.67. The van der Waals surface area contributed by atoms with Gasteiger partial charge in [0.2, 0.25) is 5.88 Å². The van der Waals surface area contributed by atoms with Crippen LogP contribution in [0.15, 0.2) is 24.5 Å². The minimum atomic E-state index is -4.43. The molecule has 2 N–H and O–H groups in total. The van der Waals surface area contributed by atoms with Gasteiger partial charge in [-0.2, -0.15) is 13.2 Å². The Bertz CT molecular complexity index is 870. The second kappa shape index (κ2) is 7.15. The van der Waals surface area contributed by atoms with Crippen LogP contribution >= 0.6 is 0 Å². The van der Waals surface area contributed by atoms with Gasteiger partial charge in [-0.05, 0) is 31.5 Å². The van der Waals surface area contributed by atoms with Crippen LogP contribution < -0.4 is 10.5 Å². The van der Waals surface area contributed by atoms with Crippen LogP contribution in [0, 0.1) is 6.92 Å². The number of rotatable bonds is 5. The van der Waals surface area contributed by atoms with Crippen LogP contribution in [0.2, 0.25) is 0 Å². The predicted octanol–water partition coefficient (Wildman–Crippen LogP) is 2.90. The second-order valence-corrected chi connectivity index (χ2v) is 6.39. The van der Waals surface area contributed by atoms with E-state index in [0.29, 0.717) is 28.9 Å². The Morgan fingerprint density at radius 3 is 2.74 bits per heavy atom. The Balaban J connectivity index is 1.80. The number of fused-ring (bicyclic) bond motifs is 1. The molecule has 9 heteroatoms. The van der Waals surface area contributed by atoms with Crippen LogP contribution in [0.5, 0.6) is 5.88 Å². The molecule has 3 heterocycles. The maximum atomic E-state index is 12.7. The van der Waals surface area contributed by atoms with Gasteiger partial charge in [0.25, 0.3) is 5.91 Å². The minimum Gasteiger partial charge on any atom is -0.468 e. The van der Waals surface area contributed by atoms with E-state index in [1.807, 2.05) is 6.92 Å². The largest absolute Gasteiger partial charge is 0.468 e. The lowest BCUT2D eigenvalue weighted by Gasteiger charge is -2.25. The first kappa shape index (κ1) is 19.1. The van der Waals surface area contributed by atoms with E-state index in [1.54, 1.807) is 30.2 Å². The van der Waals surface area contributed by atoms with E-state index in [1.165, 1.54) is 6.20 Å². The summed E-state index contributed by atoms with van der Waals surface area (Å²) in [5.74, 6) is -0.210. The van der Waals surface area contributed by atoms with Gasteiger partial charge in [-0.25, -0.2) is 4.98 Å². The lowest BCUT2D eigenvalue weighted by Crippen LogP contribution is -2.27. The molecule has 2 aromatic heterocycles. The van der Waals surface area contributed by atoms with E-state index < -0.39 is 12.8 Å². The van der Waals surface area contributed by atoms with Gasteiger partial charge >= 0.3 is 6.18 Å². The van der Waals surface area contributed by atoms with E-state index in [4.69, 9.17) is 10.5 Å². The molecule has 0 fully saturated rings. The highest BCUT2D eigenvalue weighted by molar-refractivity contribution is 5.98. The van der Waals surface area contributed by atoms with Crippen LogP contribution in [0.1, 0.15) is 45.7 Å². The van der Waals surface area contributed by atoms with Gasteiger partial charge in [-0.3, -0.25) is 9.78 Å². The molecule has 0 spiro atoms. The molecule has 0 saturated heterocycles. The standard InChI is InChI=1S/C18H19F3N4O2/c1-10-5-12(7-24-16(10)27-9-18(19,20)21)11(2)25-8-14-13(17(25)26)3-4-23-15(14)6-22/h3-5,7,11H,6,8-9,22H2,1-2H3. The van der Waals surface area contributed by atoms with Crippen molar-refractivity contribution in [2.45, 2.75) is 39.2 Å². The summed E-state index contributed by atoms with van der Waals surface area (Å²) in [5, 5.41) is 0. The third-order valence-electron chi connectivity index (χ3n) is 4.53. The zero-order valence-corrected chi connectivity index (χ0v) is 14.9. The molecular weight excluding hydrogens is 361 g/mol. The number of carbonyl (C=O) groups is 1. The van der Waals surface area contributed by atoms with Crippen molar-refractivity contribution in [1.29, 1.82) is 0 Å². The number of aromatic nitrogens is 2. The summed E-state index contributed by atoms with van der Waals surface area (Å²) in [6.07, 6.45) is -1.43. The number of hydrogen-bond acceptors (Lipinski definition) is 5. The third-order valence-corrected chi connectivity index (χ3v) is 4.53. The quantitative estimate of drug-likeness (QED) is 0.863. The van der Waals surface area contributed by atoms with E-state index in [9.17, 15) is 18.0 Å². The molecule has 0 saturated carbocycles. The highest BCUT2D eigenvalue weighted by atomic mass is 19.4. The number of hydrogen-bond donors (Lipinski definition) is 1. The second-order valence-electron chi connectivity index (χ2n) is 6.39. The highest BCUT2D eigenvalue weighted by Crippen LogP contribution is 2.33. The molecule has 1 unspecified atom stereocenters. The first-order chi connectivity index (χ1) is 12.7. The molecule has 6 nitrogen and oxygen atoms in total. The van der Waals surface area contributed by atoms with Crippen molar-refractivity contribution in [3.8, 4) is 5.88 Å². The Morgan fingerprint density at radius 1 is 1.37 bits per heavy atom. The fourth-order valence-electron chi connectivity index (χ4n) is 3.09. The van der Waals surface area contributed by atoms with Crippen LogP contribution in [0.3, 0.4) is 0 Å². The van der Waals surface area contributed by atoms with E-state index >= 15 is 0 Å². The highest BCUT2D eigenvalue weighted by Gasteiger charge is 2.33. The molecule has 2 aromatic rings. The van der Waals surface area contributed by atoms with Gasteiger partial charge in [0, 0.05) is 42.2 Å². The number of carbonyl (C=O) groups excluding carboxylic acids is 1. The van der Waals surface area contributed by atoms with Crippen molar-refractivity contribution in [2.24, 2.45) is 5.73 Å². The molecule has 1 amide bonds. The summed E-state index contributed by atoms with van der Waals surface area (Å²) >= 11 is 0. The molecule has 1 aliphatic heterocycles. The normalized spacial score (nSPS) is 15.0. The summed E-state index contributed by atoms with van der Waals surface area (Å²) in [6, 6.07) is 3.03. The van der Waals surface area contributed by atoms with Crippen LogP contribution in [0.25, 0.3) is 0 Å². The Kier molecular flexibility index (Phi) is 5.05. The first-order valence-electron chi connectivity index (χ1n) is 8.35. The average molecular weight is 380 g/mol. The van der Waals surface area contributed by atoms with Crippen LogP contribution in [0.4, 0.5) is 13.2 Å². The molecule has 1 atom stereocenters. The fourth-order valence-corrected chi connectivity index (χ4v) is 3.09. The van der Waals surface area contributed by atoms with Gasteiger partial charge in [0.05, 0.1) is 11.7 Å². The van der Waals surface area contributed by atoms with E-state index in [2.05, 4.69) is 9.97 Å². The number of halogens is 3. The zero-order chi connectivity index (χ0) is 19.8. The summed E-state index contributed by atoms with van der Waals surface area (Å²) in [4.78, 5) is 22.6. The van der Waals surface area contributed by atoms with Crippen molar-refractivity contribution >= 4 is 5.91 Å². The van der Waals surface area contributed by atoms with Crippen LogP contribution in [-0.4, -0.2) is 33.6 Å². The molecule has 27 heavy (non-hydrogen) atoms. The van der Waals surface area contributed by atoms with Crippen molar-refractivity contribution in [2.75, 3.05) is 6.61 Å². The van der Waals surface area contributed by atoms with Gasteiger partial charge in [0.1, 0.15) is 0 Å². The van der Waals surface area contributed by atoms with E-state index in [-0.39, 0.29) is 24.4 Å².